The van der Waals surface area contributed by atoms with Gasteiger partial charge in [0.1, 0.15) is 6.04 Å². The van der Waals surface area contributed by atoms with Crippen molar-refractivity contribution in [2.45, 2.75) is 37.8 Å². The van der Waals surface area contributed by atoms with E-state index in [0.717, 1.165) is 12.8 Å². The average Bonchev–Trinajstić information content (AvgIpc) is 2.38. The molecule has 0 saturated carbocycles. The molecule has 2 unspecified atom stereocenters. The van der Waals surface area contributed by atoms with Crippen LogP contribution >= 0.6 is 0 Å². The molecule has 2 N–H and O–H groups in total. The Bertz CT molecular complexity index is 391. The Morgan fingerprint density at radius 2 is 2.32 bits per heavy atom. The molecule has 0 aliphatic carbocycles. The summed E-state index contributed by atoms with van der Waals surface area (Å²) in [6.07, 6.45) is 6.76. The molecule has 19 heavy (non-hydrogen) atoms. The van der Waals surface area contributed by atoms with E-state index in [4.69, 9.17) is 16.3 Å². The van der Waals surface area contributed by atoms with Gasteiger partial charge in [-0.1, -0.05) is 0 Å². The summed E-state index contributed by atoms with van der Waals surface area (Å²) in [5.41, 5.74) is -0.375. The van der Waals surface area contributed by atoms with Crippen LogP contribution in [0, 0.1) is 12.3 Å². The number of urea groups is 1. The lowest BCUT2D eigenvalue weighted by molar-refractivity contribution is -0.139. The highest BCUT2D eigenvalue weighted by molar-refractivity contribution is 5.82. The number of hydrogen-bond donors (Lipinski definition) is 2. The molecule has 0 aromatic carbocycles. The summed E-state index contributed by atoms with van der Waals surface area (Å²) in [6.45, 7) is 2.97. The van der Waals surface area contributed by atoms with E-state index in [1.54, 1.807) is 12.0 Å². The Morgan fingerprint density at radius 1 is 1.63 bits per heavy atom. The maximum Gasteiger partial charge on any atom is 0.327 e. The molecule has 0 spiro atoms. The second-order valence-corrected chi connectivity index (χ2v) is 4.93. The molecule has 1 fully saturated rings. The standard InChI is InChI=1S/C13H20N2O4/c1-4-6-10(11(16)17)14-12(18)15-8-5-7-13(2,9-15)19-3/h1,10H,5-9H2,2-3H3,(H,14,18)(H,16,17). The van der Waals surface area contributed by atoms with Crippen LogP contribution in [0.4, 0.5) is 4.79 Å². The van der Waals surface area contributed by atoms with Crippen molar-refractivity contribution in [3.63, 3.8) is 0 Å². The summed E-state index contributed by atoms with van der Waals surface area (Å²) in [5.74, 6) is 1.12. The molecule has 0 bridgehead atoms. The number of carboxylic acid groups (broad SMARTS) is 1. The fourth-order valence-electron chi connectivity index (χ4n) is 2.10. The number of carboxylic acids is 1. The van der Waals surface area contributed by atoms with Gasteiger partial charge in [0.2, 0.25) is 0 Å². The van der Waals surface area contributed by atoms with E-state index in [0.29, 0.717) is 13.1 Å². The van der Waals surface area contributed by atoms with Crippen molar-refractivity contribution in [1.82, 2.24) is 10.2 Å². The van der Waals surface area contributed by atoms with Crippen LogP contribution in [-0.2, 0) is 9.53 Å². The van der Waals surface area contributed by atoms with E-state index in [9.17, 15) is 9.59 Å². The molecular weight excluding hydrogens is 248 g/mol. The first-order valence-electron chi connectivity index (χ1n) is 6.19. The summed E-state index contributed by atoms with van der Waals surface area (Å²) < 4.78 is 5.39. The van der Waals surface area contributed by atoms with Crippen molar-refractivity contribution in [3.8, 4) is 12.3 Å². The molecule has 1 heterocycles. The fourth-order valence-corrected chi connectivity index (χ4v) is 2.10. The molecule has 2 atom stereocenters. The summed E-state index contributed by atoms with van der Waals surface area (Å²) >= 11 is 0. The quantitative estimate of drug-likeness (QED) is 0.735. The first-order valence-corrected chi connectivity index (χ1v) is 6.19. The molecule has 1 aliphatic rings. The SMILES string of the molecule is C#CCC(NC(=O)N1CCCC(C)(OC)C1)C(=O)O. The monoisotopic (exact) mass is 268 g/mol. The summed E-state index contributed by atoms with van der Waals surface area (Å²) in [5, 5.41) is 11.4. The first kappa shape index (κ1) is 15.3. The largest absolute Gasteiger partial charge is 0.480 e. The summed E-state index contributed by atoms with van der Waals surface area (Å²) in [7, 11) is 1.61. The molecule has 106 valence electrons. The number of amides is 2. The Balaban J connectivity index is 2.62. The van der Waals surface area contributed by atoms with E-state index < -0.39 is 18.0 Å². The highest BCUT2D eigenvalue weighted by Gasteiger charge is 2.34. The van der Waals surface area contributed by atoms with Gasteiger partial charge in [0.15, 0.2) is 0 Å². The third kappa shape index (κ3) is 4.14. The Morgan fingerprint density at radius 3 is 2.84 bits per heavy atom. The van der Waals surface area contributed by atoms with Gasteiger partial charge in [0, 0.05) is 20.1 Å². The van der Waals surface area contributed by atoms with Gasteiger partial charge in [-0.2, -0.15) is 0 Å². The van der Waals surface area contributed by atoms with Crippen molar-refractivity contribution in [2.24, 2.45) is 0 Å². The van der Waals surface area contributed by atoms with Gasteiger partial charge < -0.3 is 20.1 Å². The number of terminal acetylenes is 1. The van der Waals surface area contributed by atoms with E-state index in [2.05, 4.69) is 11.2 Å². The second kappa shape index (κ2) is 6.43. The number of methoxy groups -OCH3 is 1. The van der Waals surface area contributed by atoms with Crippen molar-refractivity contribution < 1.29 is 19.4 Å². The Hall–Kier alpha value is -1.74. The fraction of sp³-hybridized carbons (Fsp3) is 0.692. The van der Waals surface area contributed by atoms with E-state index >= 15 is 0 Å². The lowest BCUT2D eigenvalue weighted by Crippen LogP contribution is -2.55. The second-order valence-electron chi connectivity index (χ2n) is 4.93. The van der Waals surface area contributed by atoms with Gasteiger partial charge in [-0.25, -0.2) is 9.59 Å². The molecule has 1 aliphatic heterocycles. The molecule has 0 radical (unpaired) electrons. The van der Waals surface area contributed by atoms with Crippen molar-refractivity contribution in [3.05, 3.63) is 0 Å². The molecule has 0 aromatic rings. The maximum atomic E-state index is 12.0. The van der Waals surface area contributed by atoms with Crippen molar-refractivity contribution >= 4 is 12.0 Å². The lowest BCUT2D eigenvalue weighted by atomic mass is 9.95. The van der Waals surface area contributed by atoms with E-state index in [1.165, 1.54) is 0 Å². The zero-order valence-corrected chi connectivity index (χ0v) is 11.3. The van der Waals surface area contributed by atoms with Gasteiger partial charge in [0.05, 0.1) is 12.1 Å². The Labute approximate surface area is 113 Å². The first-order chi connectivity index (χ1) is 8.91. The Kier molecular flexibility index (Phi) is 5.19. The third-order valence-corrected chi connectivity index (χ3v) is 3.36. The number of likely N-dealkylation sites (tertiary alicyclic amines) is 1. The highest BCUT2D eigenvalue weighted by Crippen LogP contribution is 2.23. The van der Waals surface area contributed by atoms with E-state index in [1.807, 2.05) is 6.92 Å². The molecule has 6 nitrogen and oxygen atoms in total. The molecule has 6 heteroatoms. The van der Waals surface area contributed by atoms with Gasteiger partial charge in [-0.3, -0.25) is 0 Å². The predicted octanol–water partition coefficient (Wildman–Crippen LogP) is 0.673. The predicted molar refractivity (Wildman–Crippen MR) is 69.6 cm³/mol. The number of carbonyl (C=O) groups is 2. The van der Waals surface area contributed by atoms with Crippen LogP contribution in [-0.4, -0.2) is 53.8 Å². The zero-order chi connectivity index (χ0) is 14.5. The number of hydrogen-bond acceptors (Lipinski definition) is 3. The minimum Gasteiger partial charge on any atom is -0.480 e. The zero-order valence-electron chi connectivity index (χ0n) is 11.3. The van der Waals surface area contributed by atoms with Crippen molar-refractivity contribution in [1.29, 1.82) is 0 Å². The third-order valence-electron chi connectivity index (χ3n) is 3.36. The number of ether oxygens (including phenoxy) is 1. The number of rotatable bonds is 4. The number of carbonyl (C=O) groups excluding carboxylic acids is 1. The van der Waals surface area contributed by atoms with Crippen LogP contribution in [0.25, 0.3) is 0 Å². The van der Waals surface area contributed by atoms with Gasteiger partial charge in [-0.15, -0.1) is 12.3 Å². The topological polar surface area (TPSA) is 78.9 Å². The van der Waals surface area contributed by atoms with Crippen LogP contribution in [0.1, 0.15) is 26.2 Å². The maximum absolute atomic E-state index is 12.0. The van der Waals surface area contributed by atoms with Crippen molar-refractivity contribution in [2.75, 3.05) is 20.2 Å². The highest BCUT2D eigenvalue weighted by atomic mass is 16.5. The molecule has 1 rings (SSSR count). The smallest absolute Gasteiger partial charge is 0.327 e. The number of piperidine rings is 1. The molecular formula is C13H20N2O4. The normalized spacial score (nSPS) is 24.4. The van der Waals surface area contributed by atoms with Gasteiger partial charge in [0.25, 0.3) is 0 Å². The van der Waals surface area contributed by atoms with Crippen LogP contribution < -0.4 is 5.32 Å². The summed E-state index contributed by atoms with van der Waals surface area (Å²) in [6, 6.07) is -1.46. The van der Waals surface area contributed by atoms with Crippen LogP contribution in [0.15, 0.2) is 0 Å². The van der Waals surface area contributed by atoms with Crippen LogP contribution in [0.5, 0.6) is 0 Å². The number of aliphatic carboxylic acids is 1. The molecule has 1 saturated heterocycles. The van der Waals surface area contributed by atoms with Gasteiger partial charge in [-0.05, 0) is 19.8 Å². The minimum absolute atomic E-state index is 0.0313. The van der Waals surface area contributed by atoms with Gasteiger partial charge >= 0.3 is 12.0 Å². The lowest BCUT2D eigenvalue weighted by Gasteiger charge is -2.39. The van der Waals surface area contributed by atoms with Crippen LogP contribution in [0.3, 0.4) is 0 Å². The van der Waals surface area contributed by atoms with E-state index in [-0.39, 0.29) is 12.0 Å². The van der Waals surface area contributed by atoms with Crippen LogP contribution in [0.2, 0.25) is 0 Å². The number of nitrogens with zero attached hydrogens (tertiary/aromatic N) is 1. The molecule has 2 amide bonds. The minimum atomic E-state index is -1.13. The average molecular weight is 268 g/mol. The molecule has 0 aromatic heterocycles. The number of nitrogens with one attached hydrogen (secondary N) is 1. The summed E-state index contributed by atoms with van der Waals surface area (Å²) in [4.78, 5) is 24.5.